The van der Waals surface area contributed by atoms with Crippen molar-refractivity contribution in [3.63, 3.8) is 0 Å². The van der Waals surface area contributed by atoms with Crippen LogP contribution in [0.15, 0.2) is 36.5 Å². The van der Waals surface area contributed by atoms with Crippen molar-refractivity contribution >= 4 is 17.3 Å². The summed E-state index contributed by atoms with van der Waals surface area (Å²) < 4.78 is 45.9. The van der Waals surface area contributed by atoms with Gasteiger partial charge in [0.15, 0.2) is 0 Å². The molecule has 0 bridgehead atoms. The molecule has 1 aliphatic heterocycles. The first-order chi connectivity index (χ1) is 15.7. The van der Waals surface area contributed by atoms with Crippen LogP contribution in [0.25, 0.3) is 5.57 Å². The minimum Gasteiger partial charge on any atom is -0.493 e. The number of aromatic nitrogens is 1. The predicted molar refractivity (Wildman–Crippen MR) is 120 cm³/mol. The minimum atomic E-state index is -4.58. The molecular formula is C24H27F3N4O2. The maximum atomic E-state index is 13.5. The highest BCUT2D eigenvalue weighted by molar-refractivity contribution is 5.90. The van der Waals surface area contributed by atoms with Gasteiger partial charge in [0.05, 0.1) is 17.9 Å². The highest BCUT2D eigenvalue weighted by Crippen LogP contribution is 2.39. The second kappa shape index (κ2) is 9.43. The molecule has 0 unspecified atom stereocenters. The van der Waals surface area contributed by atoms with E-state index < -0.39 is 17.8 Å². The molecule has 2 amide bonds. The van der Waals surface area contributed by atoms with E-state index in [4.69, 9.17) is 10.5 Å². The molecule has 6 nitrogen and oxygen atoms in total. The van der Waals surface area contributed by atoms with Crippen LogP contribution in [-0.4, -0.2) is 35.6 Å². The van der Waals surface area contributed by atoms with E-state index in [0.717, 1.165) is 41.3 Å². The lowest BCUT2D eigenvalue weighted by Gasteiger charge is -2.27. The zero-order valence-corrected chi connectivity index (χ0v) is 18.4. The molecule has 4 rings (SSSR count). The lowest BCUT2D eigenvalue weighted by Crippen LogP contribution is -2.38. The van der Waals surface area contributed by atoms with Crippen LogP contribution in [0.2, 0.25) is 0 Å². The van der Waals surface area contributed by atoms with Gasteiger partial charge in [-0.3, -0.25) is 4.98 Å². The predicted octanol–water partition coefficient (Wildman–Crippen LogP) is 4.98. The first-order valence-corrected chi connectivity index (χ1v) is 11.0. The minimum absolute atomic E-state index is 0.0794. The largest absolute Gasteiger partial charge is 0.493 e. The first-order valence-electron chi connectivity index (χ1n) is 11.0. The summed E-state index contributed by atoms with van der Waals surface area (Å²) in [6.07, 6.45) is 1.67. The van der Waals surface area contributed by atoms with Crippen LogP contribution in [-0.2, 0) is 12.7 Å². The summed E-state index contributed by atoms with van der Waals surface area (Å²) in [5.41, 5.74) is 8.74. The van der Waals surface area contributed by atoms with Crippen molar-refractivity contribution < 1.29 is 22.7 Å². The fourth-order valence-corrected chi connectivity index (χ4v) is 3.80. The monoisotopic (exact) mass is 460 g/mol. The number of amides is 2. The van der Waals surface area contributed by atoms with Gasteiger partial charge >= 0.3 is 12.2 Å². The fourth-order valence-electron chi connectivity index (χ4n) is 3.80. The van der Waals surface area contributed by atoms with Crippen molar-refractivity contribution in [3.05, 3.63) is 58.9 Å². The second-order valence-electron chi connectivity index (χ2n) is 8.53. The number of benzene rings is 1. The number of ether oxygens (including phenoxy) is 1. The van der Waals surface area contributed by atoms with Gasteiger partial charge in [-0.2, -0.15) is 13.2 Å². The highest BCUT2D eigenvalue weighted by atomic mass is 19.4. The Balaban J connectivity index is 1.42. The van der Waals surface area contributed by atoms with Crippen LogP contribution >= 0.6 is 0 Å². The summed E-state index contributed by atoms with van der Waals surface area (Å²) in [5, 5.41) is 2.58. The Kier molecular flexibility index (Phi) is 6.60. The van der Waals surface area contributed by atoms with Gasteiger partial charge in [0.25, 0.3) is 0 Å². The van der Waals surface area contributed by atoms with E-state index in [9.17, 15) is 18.0 Å². The Morgan fingerprint density at radius 3 is 2.70 bits per heavy atom. The zero-order valence-electron chi connectivity index (χ0n) is 18.4. The number of pyridine rings is 1. The molecule has 2 aromatic rings. The fraction of sp³-hybridized carbons (Fsp3) is 0.417. The van der Waals surface area contributed by atoms with Gasteiger partial charge in [-0.1, -0.05) is 12.1 Å². The molecule has 1 aliphatic carbocycles. The normalized spacial score (nSPS) is 16.4. The Bertz CT molecular complexity index is 1060. The molecule has 0 atom stereocenters. The molecule has 2 aliphatic rings. The summed E-state index contributed by atoms with van der Waals surface area (Å²) in [6.45, 7) is 3.45. The molecule has 176 valence electrons. The van der Waals surface area contributed by atoms with Crippen LogP contribution in [0.3, 0.4) is 0 Å². The summed E-state index contributed by atoms with van der Waals surface area (Å²) in [6, 6.07) is 5.19. The molecule has 1 aromatic carbocycles. The third-order valence-corrected chi connectivity index (χ3v) is 5.88. The van der Waals surface area contributed by atoms with Gasteiger partial charge in [-0.25, -0.2) is 4.79 Å². The van der Waals surface area contributed by atoms with Crippen LogP contribution < -0.4 is 15.8 Å². The molecule has 9 heteroatoms. The molecule has 0 spiro atoms. The number of hydrogen-bond acceptors (Lipinski definition) is 4. The molecule has 1 fully saturated rings. The number of carbonyl (C=O) groups is 1. The number of hydrogen-bond donors (Lipinski definition) is 2. The summed E-state index contributed by atoms with van der Waals surface area (Å²) in [7, 11) is 0. The SMILES string of the molecule is Cc1cc(CN)cnc1C1=CCN(C(=O)Nc2ccc(OCC3CC3)c(C(F)(F)F)c2)CC1. The summed E-state index contributed by atoms with van der Waals surface area (Å²) in [4.78, 5) is 18.7. The van der Waals surface area contributed by atoms with Crippen molar-refractivity contribution in [1.82, 2.24) is 9.88 Å². The van der Waals surface area contributed by atoms with Crippen molar-refractivity contribution in [2.45, 2.75) is 38.9 Å². The average Bonchev–Trinajstić information content (AvgIpc) is 3.62. The van der Waals surface area contributed by atoms with Gasteiger partial charge in [0.1, 0.15) is 5.75 Å². The number of rotatable bonds is 6. The van der Waals surface area contributed by atoms with E-state index in [1.165, 1.54) is 12.1 Å². The Labute approximate surface area is 190 Å². The van der Waals surface area contributed by atoms with Crippen molar-refractivity contribution in [2.24, 2.45) is 11.7 Å². The standard InChI is InChI=1S/C24H27F3N4O2/c1-15-10-17(12-28)13-29-22(15)18-6-8-31(9-7-18)23(32)30-19-4-5-21(33-14-16-2-3-16)20(11-19)24(25,26)27/h4-6,10-11,13,16H,2-3,7-9,12,14,28H2,1H3,(H,30,32). The van der Waals surface area contributed by atoms with E-state index in [1.54, 1.807) is 11.1 Å². The molecule has 3 N–H and O–H groups in total. The zero-order chi connectivity index (χ0) is 23.6. The van der Waals surface area contributed by atoms with Gasteiger partial charge < -0.3 is 20.7 Å². The topological polar surface area (TPSA) is 80.5 Å². The number of nitrogens with one attached hydrogen (secondary N) is 1. The van der Waals surface area contributed by atoms with Crippen molar-refractivity contribution in [1.29, 1.82) is 0 Å². The third-order valence-electron chi connectivity index (χ3n) is 5.88. The number of nitrogens with zero attached hydrogens (tertiary/aromatic N) is 2. The maximum Gasteiger partial charge on any atom is 0.420 e. The van der Waals surface area contributed by atoms with Crippen LogP contribution in [0.4, 0.5) is 23.7 Å². The number of halogens is 3. The Morgan fingerprint density at radius 1 is 1.30 bits per heavy atom. The quantitative estimate of drug-likeness (QED) is 0.637. The average molecular weight is 461 g/mol. The van der Waals surface area contributed by atoms with E-state index in [-0.39, 0.29) is 18.0 Å². The van der Waals surface area contributed by atoms with Crippen LogP contribution in [0.5, 0.6) is 5.75 Å². The highest BCUT2D eigenvalue weighted by Gasteiger charge is 2.35. The number of urea groups is 1. The molecule has 0 saturated heterocycles. The van der Waals surface area contributed by atoms with E-state index >= 15 is 0 Å². The molecule has 1 aromatic heterocycles. The summed E-state index contributed by atoms with van der Waals surface area (Å²) >= 11 is 0. The van der Waals surface area contributed by atoms with E-state index in [0.29, 0.717) is 32.0 Å². The second-order valence-corrected chi connectivity index (χ2v) is 8.53. The smallest absolute Gasteiger partial charge is 0.420 e. The number of alkyl halides is 3. The van der Waals surface area contributed by atoms with E-state index in [1.807, 2.05) is 19.1 Å². The van der Waals surface area contributed by atoms with Crippen LogP contribution in [0.1, 0.15) is 41.6 Å². The van der Waals surface area contributed by atoms with Gasteiger partial charge in [-0.05, 0) is 67.0 Å². The Morgan fingerprint density at radius 2 is 2.09 bits per heavy atom. The van der Waals surface area contributed by atoms with Crippen molar-refractivity contribution in [3.8, 4) is 5.75 Å². The number of aryl methyl sites for hydroxylation is 1. The van der Waals surface area contributed by atoms with Crippen LogP contribution in [0, 0.1) is 12.8 Å². The lowest BCUT2D eigenvalue weighted by molar-refractivity contribution is -0.138. The Hall–Kier alpha value is -3.07. The van der Waals surface area contributed by atoms with Gasteiger partial charge in [0.2, 0.25) is 0 Å². The number of nitrogens with two attached hydrogens (primary N) is 1. The third kappa shape index (κ3) is 5.65. The van der Waals surface area contributed by atoms with Crippen molar-refractivity contribution in [2.75, 3.05) is 25.0 Å². The molecule has 1 saturated carbocycles. The van der Waals surface area contributed by atoms with Gasteiger partial charge in [-0.15, -0.1) is 0 Å². The molecule has 33 heavy (non-hydrogen) atoms. The molecule has 2 heterocycles. The molecular weight excluding hydrogens is 433 g/mol. The maximum absolute atomic E-state index is 13.5. The molecule has 0 radical (unpaired) electrons. The first kappa shape index (κ1) is 23.1. The lowest BCUT2D eigenvalue weighted by atomic mass is 10.00. The van der Waals surface area contributed by atoms with E-state index in [2.05, 4.69) is 10.3 Å². The van der Waals surface area contributed by atoms with Gasteiger partial charge in [0, 0.05) is 31.5 Å². The summed E-state index contributed by atoms with van der Waals surface area (Å²) in [5.74, 6) is 0.126. The number of carbonyl (C=O) groups excluding carboxylic acids is 1. The number of anilines is 1.